The lowest BCUT2D eigenvalue weighted by atomic mass is 9.83. The number of amides is 3. The molecule has 1 atom stereocenters. The van der Waals surface area contributed by atoms with Gasteiger partial charge in [0, 0.05) is 74.7 Å². The zero-order valence-corrected chi connectivity index (χ0v) is 27.7. The Kier molecular flexibility index (Phi) is 8.44. The highest BCUT2D eigenvalue weighted by Gasteiger charge is 2.41. The summed E-state index contributed by atoms with van der Waals surface area (Å²) in [4.78, 5) is 52.6. The van der Waals surface area contributed by atoms with Crippen LogP contribution in [0.3, 0.4) is 0 Å². The number of likely N-dealkylation sites (tertiary alicyclic amines) is 1. The summed E-state index contributed by atoms with van der Waals surface area (Å²) in [6.07, 6.45) is 7.67. The molecule has 0 spiro atoms. The van der Waals surface area contributed by atoms with E-state index in [-0.39, 0.29) is 18.2 Å². The highest BCUT2D eigenvalue weighted by Crippen LogP contribution is 2.37. The minimum Gasteiger partial charge on any atom is -0.477 e. The smallest absolute Gasteiger partial charge is 0.255 e. The molecule has 6 heterocycles. The number of aliphatic hydroxyl groups is 1. The van der Waals surface area contributed by atoms with E-state index in [0.717, 1.165) is 87.6 Å². The lowest BCUT2D eigenvalue weighted by Gasteiger charge is -2.39. The van der Waals surface area contributed by atoms with E-state index in [2.05, 4.69) is 54.7 Å². The van der Waals surface area contributed by atoms with Crippen LogP contribution in [0.4, 0.5) is 11.6 Å². The van der Waals surface area contributed by atoms with E-state index in [4.69, 9.17) is 4.74 Å². The molecule has 256 valence electrons. The molecule has 0 radical (unpaired) electrons. The zero-order chi connectivity index (χ0) is 33.5. The van der Waals surface area contributed by atoms with Crippen molar-refractivity contribution in [3.05, 3.63) is 76.5 Å². The van der Waals surface area contributed by atoms with Gasteiger partial charge in [0.2, 0.25) is 23.6 Å². The molecule has 3 amide bonds. The van der Waals surface area contributed by atoms with E-state index in [0.29, 0.717) is 43.4 Å². The van der Waals surface area contributed by atoms with Gasteiger partial charge in [0.1, 0.15) is 6.04 Å². The van der Waals surface area contributed by atoms with E-state index in [1.807, 2.05) is 18.3 Å². The first-order valence-corrected chi connectivity index (χ1v) is 17.6. The first kappa shape index (κ1) is 31.7. The number of imide groups is 1. The van der Waals surface area contributed by atoms with Crippen LogP contribution in [0, 0.1) is 0 Å². The highest BCUT2D eigenvalue weighted by atomic mass is 16.5. The molecule has 5 aliphatic heterocycles. The van der Waals surface area contributed by atoms with Gasteiger partial charge in [-0.15, -0.1) is 0 Å². The maximum atomic E-state index is 13.1. The third kappa shape index (κ3) is 6.47. The second-order valence-electron chi connectivity index (χ2n) is 14.1. The van der Waals surface area contributed by atoms with Crippen molar-refractivity contribution >= 4 is 29.4 Å². The van der Waals surface area contributed by atoms with Gasteiger partial charge in [-0.25, -0.2) is 4.98 Å². The number of nitrogens with one attached hydrogen (secondary N) is 2. The van der Waals surface area contributed by atoms with Crippen molar-refractivity contribution in [2.45, 2.75) is 82.1 Å². The largest absolute Gasteiger partial charge is 0.477 e. The van der Waals surface area contributed by atoms with Crippen LogP contribution in [-0.2, 0) is 34.7 Å². The Morgan fingerprint density at radius 3 is 2.53 bits per heavy atom. The van der Waals surface area contributed by atoms with Crippen molar-refractivity contribution in [1.29, 1.82) is 0 Å². The number of carbonyl (C=O) groups excluding carboxylic acids is 3. The number of piperidine rings is 3. The van der Waals surface area contributed by atoms with Crippen LogP contribution in [0.25, 0.3) is 0 Å². The third-order valence-corrected chi connectivity index (χ3v) is 10.9. The Morgan fingerprint density at radius 1 is 0.959 bits per heavy atom. The summed E-state index contributed by atoms with van der Waals surface area (Å²) < 4.78 is 5.71. The number of aromatic nitrogens is 2. The van der Waals surface area contributed by atoms with Crippen molar-refractivity contribution in [2.24, 2.45) is 0 Å². The lowest BCUT2D eigenvalue weighted by molar-refractivity contribution is -0.136. The Hall–Kier alpha value is -4.55. The molecule has 2 aromatic carbocycles. The van der Waals surface area contributed by atoms with Crippen LogP contribution in [0.5, 0.6) is 5.88 Å². The van der Waals surface area contributed by atoms with Gasteiger partial charge in [0.05, 0.1) is 12.2 Å². The Morgan fingerprint density at radius 2 is 1.76 bits per heavy atom. The zero-order valence-electron chi connectivity index (χ0n) is 27.7. The molecule has 0 aliphatic carbocycles. The Bertz CT molecular complexity index is 1750. The maximum Gasteiger partial charge on any atom is 0.255 e. The fraction of sp³-hybridized carbons (Fsp3) is 0.486. The van der Waals surface area contributed by atoms with Gasteiger partial charge in [-0.1, -0.05) is 24.3 Å². The Balaban J connectivity index is 0.818. The fourth-order valence-corrected chi connectivity index (χ4v) is 7.96. The van der Waals surface area contributed by atoms with Gasteiger partial charge in [0.25, 0.3) is 5.91 Å². The van der Waals surface area contributed by atoms with Gasteiger partial charge in [-0.2, -0.15) is 4.98 Å². The molecule has 0 saturated carbocycles. The number of benzene rings is 2. The summed E-state index contributed by atoms with van der Waals surface area (Å²) in [6, 6.07) is 14.1. The van der Waals surface area contributed by atoms with Gasteiger partial charge in [0.15, 0.2) is 0 Å². The predicted molar refractivity (Wildman–Crippen MR) is 182 cm³/mol. The second kappa shape index (κ2) is 13.1. The van der Waals surface area contributed by atoms with Crippen molar-refractivity contribution in [3.8, 4) is 5.88 Å². The van der Waals surface area contributed by atoms with Crippen LogP contribution < -0.4 is 20.3 Å². The molecule has 1 aromatic heterocycles. The number of rotatable bonds is 7. The van der Waals surface area contributed by atoms with Crippen molar-refractivity contribution in [2.75, 3.05) is 43.0 Å². The molecule has 1 unspecified atom stereocenters. The molecule has 3 fully saturated rings. The van der Waals surface area contributed by atoms with Gasteiger partial charge in [-0.05, 0) is 79.8 Å². The topological polar surface area (TPSA) is 140 Å². The van der Waals surface area contributed by atoms with Crippen LogP contribution >= 0.6 is 0 Å². The van der Waals surface area contributed by atoms with E-state index < -0.39 is 17.6 Å². The van der Waals surface area contributed by atoms with Gasteiger partial charge in [-0.3, -0.25) is 24.6 Å². The number of nitrogens with zero attached hydrogens (tertiary/aromatic N) is 5. The minimum atomic E-state index is -0.971. The average molecular weight is 666 g/mol. The molecule has 0 bridgehead atoms. The SMILES string of the molecule is O=C1CCC(N2Cc3cc(C4(O)CCN(Cc5ccc(N6CCC(Nc7ncc8c(n7)OCCC8)CC6)cc5)CC4)ccc3C2=O)C(=O)N1. The van der Waals surface area contributed by atoms with Gasteiger partial charge < -0.3 is 25.0 Å². The highest BCUT2D eigenvalue weighted by molar-refractivity contribution is 6.05. The maximum absolute atomic E-state index is 13.1. The molecular weight excluding hydrogens is 622 g/mol. The van der Waals surface area contributed by atoms with E-state index in [1.165, 1.54) is 11.3 Å². The number of carbonyl (C=O) groups is 3. The van der Waals surface area contributed by atoms with Crippen molar-refractivity contribution in [1.82, 2.24) is 25.1 Å². The predicted octanol–water partition coefficient (Wildman–Crippen LogP) is 3.13. The van der Waals surface area contributed by atoms with E-state index in [9.17, 15) is 19.5 Å². The Labute approximate surface area is 285 Å². The van der Waals surface area contributed by atoms with E-state index >= 15 is 0 Å². The number of anilines is 2. The van der Waals surface area contributed by atoms with Crippen LogP contribution in [0.2, 0.25) is 0 Å². The first-order chi connectivity index (χ1) is 23.8. The first-order valence-electron chi connectivity index (χ1n) is 17.6. The normalized spacial score (nSPS) is 22.7. The number of hydrogen-bond donors (Lipinski definition) is 3. The fourth-order valence-electron chi connectivity index (χ4n) is 7.96. The van der Waals surface area contributed by atoms with Crippen molar-refractivity contribution in [3.63, 3.8) is 0 Å². The lowest BCUT2D eigenvalue weighted by Crippen LogP contribution is -2.52. The summed E-state index contributed by atoms with van der Waals surface area (Å²) in [5.74, 6) is 0.465. The quantitative estimate of drug-likeness (QED) is 0.323. The standard InChI is InChI=1S/C37H43N7O5/c45-32-10-9-31(33(46)40-32)44-23-26-20-27(5-8-30(26)35(44)47)37(48)13-17-42(18-14-37)22-24-3-6-29(7-4-24)43-15-11-28(12-16-43)39-36-38-21-25-2-1-19-49-34(25)41-36/h3-8,20-21,28,31,48H,1-2,9-19,22-23H2,(H,38,39,41)(H,40,45,46). The second-order valence-corrected chi connectivity index (χ2v) is 14.1. The molecule has 49 heavy (non-hydrogen) atoms. The van der Waals surface area contributed by atoms with E-state index in [1.54, 1.807) is 11.0 Å². The number of hydrogen-bond acceptors (Lipinski definition) is 10. The van der Waals surface area contributed by atoms with Crippen molar-refractivity contribution < 1.29 is 24.2 Å². The third-order valence-electron chi connectivity index (χ3n) is 10.9. The summed E-state index contributed by atoms with van der Waals surface area (Å²) in [6.45, 7) is 5.31. The van der Waals surface area contributed by atoms with Crippen LogP contribution in [0.15, 0.2) is 48.7 Å². The molecule has 3 N–H and O–H groups in total. The molecule has 3 aromatic rings. The van der Waals surface area contributed by atoms with Crippen LogP contribution in [0.1, 0.15) is 77.6 Å². The van der Waals surface area contributed by atoms with Gasteiger partial charge >= 0.3 is 0 Å². The number of aryl methyl sites for hydroxylation is 1. The molecule has 3 saturated heterocycles. The molecule has 5 aliphatic rings. The average Bonchev–Trinajstić information content (AvgIpc) is 3.45. The summed E-state index contributed by atoms with van der Waals surface area (Å²) in [5.41, 5.74) is 4.81. The monoisotopic (exact) mass is 665 g/mol. The molecule has 8 rings (SSSR count). The molecule has 12 nitrogen and oxygen atoms in total. The summed E-state index contributed by atoms with van der Waals surface area (Å²) >= 11 is 0. The number of fused-ring (bicyclic) bond motifs is 2. The summed E-state index contributed by atoms with van der Waals surface area (Å²) in [5, 5.41) is 17.6. The molecule has 12 heteroatoms. The summed E-state index contributed by atoms with van der Waals surface area (Å²) in [7, 11) is 0. The number of ether oxygens (including phenoxy) is 1. The van der Waals surface area contributed by atoms with Crippen LogP contribution in [-0.4, -0.2) is 87.5 Å². The molecular formula is C37H43N7O5. The minimum absolute atomic E-state index is 0.197.